The molecule has 2 aliphatic rings. The Balaban J connectivity index is 1.51. The number of nitrogens with zero attached hydrogens (tertiary/aromatic N) is 5. The number of anilines is 1. The molecule has 2 aromatic heterocycles. The maximum Gasteiger partial charge on any atom is 0.357 e. The molecule has 2 aliphatic heterocycles. The number of aromatic nitrogens is 3. The molecule has 0 radical (unpaired) electrons. The molecule has 1 aromatic carbocycles. The van der Waals surface area contributed by atoms with Crippen LogP contribution in [0.4, 0.5) is 10.3 Å². The van der Waals surface area contributed by atoms with Crippen LogP contribution in [0.5, 0.6) is 0 Å². The van der Waals surface area contributed by atoms with Crippen molar-refractivity contribution in [3.8, 4) is 0 Å². The first-order valence-corrected chi connectivity index (χ1v) is 14.3. The molecule has 0 amide bonds. The summed E-state index contributed by atoms with van der Waals surface area (Å²) in [6.45, 7) is 6.74. The highest BCUT2D eigenvalue weighted by atomic mass is 32.1. The number of hydrogen-bond acceptors (Lipinski definition) is 11. The predicted molar refractivity (Wildman–Crippen MR) is 152 cm³/mol. The van der Waals surface area contributed by atoms with Crippen LogP contribution in [0.3, 0.4) is 0 Å². The van der Waals surface area contributed by atoms with E-state index in [1.807, 2.05) is 17.2 Å². The van der Waals surface area contributed by atoms with Gasteiger partial charge < -0.3 is 19.7 Å². The minimum Gasteiger partial charge on any atom is -0.464 e. The first kappa shape index (κ1) is 28.3. The standard InChI is InChI=1S/C29H31FN6O4S/c1-5-40-27(37)21-23(18-8-11-36(12-9-18)29-32-15-17(3)22(35-29)28(38)39-4)33-25(26-31-10-13-41-26)34-24(21)20-7-6-19(30)14-16(20)2/h6-7,10,13-15,18,24H,5,8-9,11-12H2,1-4H3,(H,33,34). The summed E-state index contributed by atoms with van der Waals surface area (Å²) in [6.07, 6.45) is 4.68. The average molecular weight is 579 g/mol. The summed E-state index contributed by atoms with van der Waals surface area (Å²) >= 11 is 1.44. The van der Waals surface area contributed by atoms with Crippen molar-refractivity contribution in [1.82, 2.24) is 20.3 Å². The summed E-state index contributed by atoms with van der Waals surface area (Å²) in [4.78, 5) is 46.0. The number of ether oxygens (including phenoxy) is 2. The summed E-state index contributed by atoms with van der Waals surface area (Å²) in [5.74, 6) is -0.345. The molecule has 3 aromatic rings. The van der Waals surface area contributed by atoms with E-state index in [-0.39, 0.29) is 24.0 Å². The minimum atomic E-state index is -0.689. The van der Waals surface area contributed by atoms with E-state index in [1.165, 1.54) is 30.6 Å². The molecule has 214 valence electrons. The van der Waals surface area contributed by atoms with E-state index < -0.39 is 18.0 Å². The third kappa shape index (κ3) is 5.83. The highest BCUT2D eigenvalue weighted by molar-refractivity contribution is 7.11. The Kier molecular flexibility index (Phi) is 8.39. The average Bonchev–Trinajstić information content (AvgIpc) is 3.52. The normalized spacial score (nSPS) is 17.6. The van der Waals surface area contributed by atoms with Gasteiger partial charge in [0.15, 0.2) is 16.5 Å². The van der Waals surface area contributed by atoms with Crippen LogP contribution in [-0.2, 0) is 14.3 Å². The molecular formula is C29H31FN6O4S. The number of nitrogens with one attached hydrogen (secondary N) is 1. The van der Waals surface area contributed by atoms with Crippen molar-refractivity contribution in [3.05, 3.63) is 80.5 Å². The first-order chi connectivity index (χ1) is 19.8. The van der Waals surface area contributed by atoms with Gasteiger partial charge in [0, 0.05) is 48.0 Å². The number of rotatable bonds is 7. The molecule has 41 heavy (non-hydrogen) atoms. The van der Waals surface area contributed by atoms with Gasteiger partial charge in [0.05, 0.1) is 19.3 Å². The first-order valence-electron chi connectivity index (χ1n) is 13.4. The number of carbonyl (C=O) groups is 2. The van der Waals surface area contributed by atoms with Gasteiger partial charge in [-0.05, 0) is 56.9 Å². The van der Waals surface area contributed by atoms with Crippen molar-refractivity contribution >= 4 is 35.1 Å². The van der Waals surface area contributed by atoms with Gasteiger partial charge in [-0.1, -0.05) is 6.07 Å². The Hall–Kier alpha value is -4.19. The van der Waals surface area contributed by atoms with E-state index in [4.69, 9.17) is 14.5 Å². The number of piperidine rings is 1. The molecule has 1 saturated heterocycles. The molecule has 12 heteroatoms. The highest BCUT2D eigenvalue weighted by Gasteiger charge is 2.37. The maximum atomic E-state index is 14.0. The molecule has 0 spiro atoms. The Bertz CT molecular complexity index is 1520. The van der Waals surface area contributed by atoms with Gasteiger partial charge in [-0.2, -0.15) is 0 Å². The van der Waals surface area contributed by atoms with Crippen LogP contribution in [0.15, 0.2) is 52.2 Å². The van der Waals surface area contributed by atoms with E-state index in [2.05, 4.69) is 20.3 Å². The highest BCUT2D eigenvalue weighted by Crippen LogP contribution is 2.39. The van der Waals surface area contributed by atoms with Crippen LogP contribution in [0.1, 0.15) is 58.0 Å². The van der Waals surface area contributed by atoms with Gasteiger partial charge in [-0.3, -0.25) is 4.99 Å². The molecule has 1 N–H and O–H groups in total. The van der Waals surface area contributed by atoms with Crippen LogP contribution >= 0.6 is 11.3 Å². The van der Waals surface area contributed by atoms with Crippen molar-refractivity contribution < 1.29 is 23.5 Å². The third-order valence-corrected chi connectivity index (χ3v) is 8.04. The summed E-state index contributed by atoms with van der Waals surface area (Å²) < 4.78 is 24.4. The number of carbonyl (C=O) groups excluding carboxylic acids is 2. The van der Waals surface area contributed by atoms with Crippen LogP contribution in [0, 0.1) is 25.6 Å². The number of amidine groups is 1. The zero-order valence-corrected chi connectivity index (χ0v) is 24.1. The van der Waals surface area contributed by atoms with Crippen molar-refractivity contribution in [2.24, 2.45) is 10.9 Å². The SMILES string of the molecule is CCOC(=O)C1=C(C2CCN(c3ncc(C)c(C(=O)OC)n3)CC2)NC(c2nccs2)=NC1c1ccc(F)cc1C. The fourth-order valence-corrected chi connectivity index (χ4v) is 5.78. The molecule has 1 atom stereocenters. The second kappa shape index (κ2) is 12.1. The van der Waals surface area contributed by atoms with Gasteiger partial charge in [0.2, 0.25) is 5.95 Å². The maximum absolute atomic E-state index is 14.0. The number of benzene rings is 1. The number of allylic oxidation sites excluding steroid dienone is 1. The number of thiazole rings is 1. The van der Waals surface area contributed by atoms with E-state index in [0.29, 0.717) is 59.4 Å². The number of aliphatic imine (C=N–C) groups is 1. The fraction of sp³-hybridized carbons (Fsp3) is 0.379. The number of methoxy groups -OCH3 is 1. The zero-order valence-electron chi connectivity index (χ0n) is 23.3. The second-order valence-electron chi connectivity index (χ2n) is 9.85. The molecule has 0 bridgehead atoms. The van der Waals surface area contributed by atoms with Gasteiger partial charge in [0.25, 0.3) is 0 Å². The Morgan fingerprint density at radius 1 is 1.15 bits per heavy atom. The molecule has 0 aliphatic carbocycles. The molecule has 1 unspecified atom stereocenters. The molecule has 4 heterocycles. The smallest absolute Gasteiger partial charge is 0.357 e. The number of esters is 2. The lowest BCUT2D eigenvalue weighted by Gasteiger charge is -2.37. The summed E-state index contributed by atoms with van der Waals surface area (Å²) in [6, 6.07) is 3.82. The van der Waals surface area contributed by atoms with Crippen molar-refractivity contribution in [3.63, 3.8) is 0 Å². The molecule has 5 rings (SSSR count). The largest absolute Gasteiger partial charge is 0.464 e. The molecule has 0 saturated carbocycles. The Morgan fingerprint density at radius 3 is 2.59 bits per heavy atom. The zero-order chi connectivity index (χ0) is 29.1. The lowest BCUT2D eigenvalue weighted by atomic mass is 9.85. The number of hydrogen-bond donors (Lipinski definition) is 1. The van der Waals surface area contributed by atoms with E-state index in [0.717, 1.165) is 11.3 Å². The van der Waals surface area contributed by atoms with Gasteiger partial charge in [0.1, 0.15) is 11.9 Å². The van der Waals surface area contributed by atoms with Gasteiger partial charge in [-0.15, -0.1) is 11.3 Å². The van der Waals surface area contributed by atoms with E-state index in [9.17, 15) is 14.0 Å². The van der Waals surface area contributed by atoms with Crippen molar-refractivity contribution in [1.29, 1.82) is 0 Å². The summed E-state index contributed by atoms with van der Waals surface area (Å²) in [5.41, 5.74) is 3.44. The number of aryl methyl sites for hydroxylation is 2. The Labute approximate surface area is 241 Å². The van der Waals surface area contributed by atoms with E-state index >= 15 is 0 Å². The minimum absolute atomic E-state index is 0.0371. The lowest BCUT2D eigenvalue weighted by molar-refractivity contribution is -0.139. The predicted octanol–water partition coefficient (Wildman–Crippen LogP) is 4.30. The molecular weight excluding hydrogens is 547 g/mol. The summed E-state index contributed by atoms with van der Waals surface area (Å²) in [5, 5.41) is 5.99. The van der Waals surface area contributed by atoms with Crippen LogP contribution in [0.25, 0.3) is 0 Å². The Morgan fingerprint density at radius 2 is 1.93 bits per heavy atom. The van der Waals surface area contributed by atoms with Crippen LogP contribution in [0.2, 0.25) is 0 Å². The van der Waals surface area contributed by atoms with Crippen LogP contribution in [-0.4, -0.2) is 59.5 Å². The molecule has 10 nitrogen and oxygen atoms in total. The molecule has 1 fully saturated rings. The number of halogens is 1. The van der Waals surface area contributed by atoms with Crippen molar-refractivity contribution in [2.75, 3.05) is 31.7 Å². The third-order valence-electron chi connectivity index (χ3n) is 7.26. The topological polar surface area (TPSA) is 119 Å². The van der Waals surface area contributed by atoms with Crippen LogP contribution < -0.4 is 10.2 Å². The second-order valence-corrected chi connectivity index (χ2v) is 10.7. The van der Waals surface area contributed by atoms with E-state index in [1.54, 1.807) is 32.3 Å². The summed E-state index contributed by atoms with van der Waals surface area (Å²) in [7, 11) is 1.32. The lowest BCUT2D eigenvalue weighted by Crippen LogP contribution is -2.42. The monoisotopic (exact) mass is 578 g/mol. The van der Waals surface area contributed by atoms with Crippen molar-refractivity contribution in [2.45, 2.75) is 39.7 Å². The van der Waals surface area contributed by atoms with Gasteiger partial charge in [-0.25, -0.2) is 28.9 Å². The fourth-order valence-electron chi connectivity index (χ4n) is 5.20. The van der Waals surface area contributed by atoms with Gasteiger partial charge >= 0.3 is 11.9 Å². The quantitative estimate of drug-likeness (QED) is 0.409.